The number of carbonyl (C=O) groups excluding carboxylic acids is 1. The molecule has 0 aromatic carbocycles. The van der Waals surface area contributed by atoms with Gasteiger partial charge < -0.3 is 4.74 Å². The van der Waals surface area contributed by atoms with E-state index in [0.717, 1.165) is 9.75 Å². The van der Waals surface area contributed by atoms with Crippen molar-refractivity contribution in [2.75, 3.05) is 6.61 Å². The maximum Gasteiger partial charge on any atom is 0.410 e. The van der Waals surface area contributed by atoms with Gasteiger partial charge in [0.1, 0.15) is 0 Å². The van der Waals surface area contributed by atoms with E-state index in [2.05, 4.69) is 9.97 Å². The van der Waals surface area contributed by atoms with Crippen molar-refractivity contribution in [2.45, 2.75) is 25.9 Å². The summed E-state index contributed by atoms with van der Waals surface area (Å²) < 4.78 is 5.38. The molecule has 7 heteroatoms. The first kappa shape index (κ1) is 13.5. The van der Waals surface area contributed by atoms with Crippen LogP contribution in [0.5, 0.6) is 0 Å². The van der Waals surface area contributed by atoms with Crippen molar-refractivity contribution in [3.05, 3.63) is 33.2 Å². The fraction of sp³-hybridized carbons (Fsp3) is 0.462. The van der Waals surface area contributed by atoms with Gasteiger partial charge in [-0.25, -0.2) is 4.79 Å². The van der Waals surface area contributed by atoms with Crippen molar-refractivity contribution in [3.63, 3.8) is 0 Å². The molecule has 0 aliphatic heterocycles. The highest BCUT2D eigenvalue weighted by atomic mass is 32.1. The Labute approximate surface area is 125 Å². The molecule has 2 aromatic rings. The van der Waals surface area contributed by atoms with E-state index in [-0.39, 0.29) is 6.09 Å². The first-order valence-corrected chi connectivity index (χ1v) is 8.23. The van der Waals surface area contributed by atoms with Crippen molar-refractivity contribution in [2.24, 2.45) is 5.92 Å². The minimum atomic E-state index is -0.251. The molecule has 106 valence electrons. The third-order valence-corrected chi connectivity index (χ3v) is 4.59. The van der Waals surface area contributed by atoms with Crippen LogP contribution in [0.4, 0.5) is 4.79 Å². The van der Waals surface area contributed by atoms with Crippen molar-refractivity contribution >= 4 is 28.8 Å². The van der Waals surface area contributed by atoms with E-state index in [9.17, 15) is 4.79 Å². The van der Waals surface area contributed by atoms with Gasteiger partial charge in [0.05, 0.1) is 30.7 Å². The van der Waals surface area contributed by atoms with E-state index < -0.39 is 0 Å². The number of hydrogen-bond acceptors (Lipinski definition) is 6. The lowest BCUT2D eigenvalue weighted by Gasteiger charge is -2.20. The minimum Gasteiger partial charge on any atom is -0.449 e. The predicted molar refractivity (Wildman–Crippen MR) is 77.5 cm³/mol. The standard InChI is InChI=1S/C13H15N3O2S2/c17-13(18-7-10-1-2-10)16(5-11-3-14-8-19-11)6-12-4-15-9-20-12/h3-4,8-10H,1-2,5-7H2. The number of aromatic nitrogens is 2. The van der Waals surface area contributed by atoms with E-state index in [4.69, 9.17) is 4.74 Å². The number of hydrogen-bond donors (Lipinski definition) is 0. The molecule has 3 rings (SSSR count). The van der Waals surface area contributed by atoms with Gasteiger partial charge in [0.2, 0.25) is 0 Å². The molecule has 0 unspecified atom stereocenters. The van der Waals surface area contributed by atoms with E-state index >= 15 is 0 Å². The molecule has 0 spiro atoms. The van der Waals surface area contributed by atoms with Gasteiger partial charge in [0.15, 0.2) is 0 Å². The van der Waals surface area contributed by atoms with Crippen LogP contribution >= 0.6 is 22.7 Å². The maximum absolute atomic E-state index is 12.2. The summed E-state index contributed by atoms with van der Waals surface area (Å²) in [5, 5.41) is 0. The third-order valence-electron chi connectivity index (χ3n) is 3.06. The smallest absolute Gasteiger partial charge is 0.410 e. The molecule has 2 heterocycles. The summed E-state index contributed by atoms with van der Waals surface area (Å²) in [6.45, 7) is 1.61. The quantitative estimate of drug-likeness (QED) is 0.822. The summed E-state index contributed by atoms with van der Waals surface area (Å²) in [5.74, 6) is 0.576. The molecule has 1 saturated carbocycles. The molecular weight excluding hydrogens is 294 g/mol. The molecule has 1 amide bonds. The Balaban J connectivity index is 1.62. The molecule has 0 radical (unpaired) electrons. The summed E-state index contributed by atoms with van der Waals surface area (Å²) in [4.78, 5) is 24.1. The first-order chi connectivity index (χ1) is 9.81. The van der Waals surface area contributed by atoms with E-state index in [1.807, 2.05) is 0 Å². The Morgan fingerprint density at radius 2 is 1.80 bits per heavy atom. The lowest BCUT2D eigenvalue weighted by atomic mass is 10.4. The Hall–Kier alpha value is -1.47. The highest BCUT2D eigenvalue weighted by Gasteiger charge is 2.25. The van der Waals surface area contributed by atoms with Crippen LogP contribution in [-0.2, 0) is 17.8 Å². The number of nitrogens with zero attached hydrogens (tertiary/aromatic N) is 3. The Kier molecular flexibility index (Phi) is 4.27. The zero-order valence-electron chi connectivity index (χ0n) is 10.9. The first-order valence-electron chi connectivity index (χ1n) is 6.47. The van der Waals surface area contributed by atoms with Gasteiger partial charge in [-0.15, -0.1) is 22.7 Å². The van der Waals surface area contributed by atoms with Crippen LogP contribution in [0.25, 0.3) is 0 Å². The van der Waals surface area contributed by atoms with Crippen molar-refractivity contribution in [3.8, 4) is 0 Å². The summed E-state index contributed by atoms with van der Waals surface area (Å²) in [6.07, 6.45) is 5.68. The topological polar surface area (TPSA) is 55.3 Å². The molecule has 5 nitrogen and oxygen atoms in total. The number of thiazole rings is 2. The molecule has 2 aromatic heterocycles. The number of amides is 1. The fourth-order valence-electron chi connectivity index (χ4n) is 1.77. The van der Waals surface area contributed by atoms with Crippen LogP contribution in [0, 0.1) is 5.92 Å². The van der Waals surface area contributed by atoms with E-state index in [0.29, 0.717) is 25.6 Å². The second-order valence-corrected chi connectivity index (χ2v) is 6.75. The van der Waals surface area contributed by atoms with Gasteiger partial charge >= 0.3 is 6.09 Å². The van der Waals surface area contributed by atoms with Crippen molar-refractivity contribution in [1.29, 1.82) is 0 Å². The van der Waals surface area contributed by atoms with Crippen molar-refractivity contribution in [1.82, 2.24) is 14.9 Å². The molecule has 1 fully saturated rings. The van der Waals surface area contributed by atoms with Gasteiger partial charge in [0, 0.05) is 22.1 Å². The third kappa shape index (κ3) is 3.77. The van der Waals surface area contributed by atoms with Gasteiger partial charge in [-0.05, 0) is 18.8 Å². The molecule has 0 N–H and O–H groups in total. The van der Waals surface area contributed by atoms with Crippen LogP contribution in [0.3, 0.4) is 0 Å². The number of ether oxygens (including phenoxy) is 1. The molecule has 1 aliphatic carbocycles. The monoisotopic (exact) mass is 309 g/mol. The minimum absolute atomic E-state index is 0.251. The highest BCUT2D eigenvalue weighted by Crippen LogP contribution is 2.29. The Morgan fingerprint density at radius 1 is 1.20 bits per heavy atom. The summed E-state index contributed by atoms with van der Waals surface area (Å²) in [7, 11) is 0. The maximum atomic E-state index is 12.2. The summed E-state index contributed by atoms with van der Waals surface area (Å²) in [6, 6.07) is 0. The molecule has 0 bridgehead atoms. The second-order valence-electron chi connectivity index (χ2n) is 4.81. The molecular formula is C13H15N3O2S2. The zero-order chi connectivity index (χ0) is 13.8. The SMILES string of the molecule is O=C(OCC1CC1)N(Cc1cncs1)Cc1cncs1. The van der Waals surface area contributed by atoms with Crippen LogP contribution in [0.2, 0.25) is 0 Å². The van der Waals surface area contributed by atoms with Crippen LogP contribution in [-0.4, -0.2) is 27.6 Å². The van der Waals surface area contributed by atoms with Crippen LogP contribution < -0.4 is 0 Å². The average Bonchev–Trinajstić information content (AvgIpc) is 2.91. The summed E-state index contributed by atoms with van der Waals surface area (Å²) >= 11 is 3.09. The zero-order valence-corrected chi connectivity index (χ0v) is 12.5. The molecule has 1 aliphatic rings. The average molecular weight is 309 g/mol. The highest BCUT2D eigenvalue weighted by molar-refractivity contribution is 7.09. The lowest BCUT2D eigenvalue weighted by Crippen LogP contribution is -2.30. The largest absolute Gasteiger partial charge is 0.449 e. The Morgan fingerprint density at radius 3 is 2.25 bits per heavy atom. The van der Waals surface area contributed by atoms with E-state index in [1.165, 1.54) is 12.8 Å². The molecule has 0 atom stereocenters. The van der Waals surface area contributed by atoms with Gasteiger partial charge in [-0.3, -0.25) is 14.9 Å². The lowest BCUT2D eigenvalue weighted by molar-refractivity contribution is 0.0937. The Bertz CT molecular complexity index is 502. The van der Waals surface area contributed by atoms with Gasteiger partial charge in [-0.2, -0.15) is 0 Å². The summed E-state index contributed by atoms with van der Waals surface area (Å²) in [5.41, 5.74) is 3.55. The molecule has 20 heavy (non-hydrogen) atoms. The van der Waals surface area contributed by atoms with Crippen LogP contribution in [0.15, 0.2) is 23.4 Å². The number of carbonyl (C=O) groups is 1. The van der Waals surface area contributed by atoms with Gasteiger partial charge in [-0.1, -0.05) is 0 Å². The normalized spacial score (nSPS) is 14.2. The fourth-order valence-corrected chi connectivity index (χ4v) is 2.98. The van der Waals surface area contributed by atoms with E-state index in [1.54, 1.807) is 51.0 Å². The van der Waals surface area contributed by atoms with Gasteiger partial charge in [0.25, 0.3) is 0 Å². The predicted octanol–water partition coefficient (Wildman–Crippen LogP) is 3.15. The van der Waals surface area contributed by atoms with Crippen molar-refractivity contribution < 1.29 is 9.53 Å². The second kappa shape index (κ2) is 6.32. The molecule has 0 saturated heterocycles. The van der Waals surface area contributed by atoms with Crippen LogP contribution in [0.1, 0.15) is 22.6 Å². The number of rotatable bonds is 6.